The van der Waals surface area contributed by atoms with Crippen LogP contribution in [0.5, 0.6) is 0 Å². The number of hydrogen-bond acceptors (Lipinski definition) is 4. The van der Waals surface area contributed by atoms with Crippen molar-refractivity contribution in [3.8, 4) is 0 Å². The van der Waals surface area contributed by atoms with E-state index in [2.05, 4.69) is 109 Å². The Morgan fingerprint density at radius 1 is 1.00 bits per heavy atom. The highest BCUT2D eigenvalue weighted by atomic mass is 15.2. The molecule has 4 rings (SSSR count). The van der Waals surface area contributed by atoms with Crippen molar-refractivity contribution in [1.29, 1.82) is 0 Å². The third-order valence-corrected chi connectivity index (χ3v) is 6.20. The zero-order valence-corrected chi connectivity index (χ0v) is 19.7. The number of hydrogen-bond donors (Lipinski definition) is 1. The minimum atomic E-state index is 0.849. The molecule has 3 aromatic rings. The maximum atomic E-state index is 4.60. The number of rotatable bonds is 5. The Kier molecular flexibility index (Phi) is 6.52. The molecular formula is C28H32N4. The van der Waals surface area contributed by atoms with Gasteiger partial charge in [-0.25, -0.2) is 9.97 Å². The van der Waals surface area contributed by atoms with Crippen molar-refractivity contribution in [2.24, 2.45) is 0 Å². The van der Waals surface area contributed by atoms with Crippen LogP contribution in [-0.4, -0.2) is 14.9 Å². The van der Waals surface area contributed by atoms with Gasteiger partial charge < -0.3 is 5.32 Å². The number of nitrogens with one attached hydrogen (secondary N) is 1. The Balaban J connectivity index is 1.59. The number of nitrogens with zero attached hydrogens (tertiary/aromatic N) is 3. The third kappa shape index (κ3) is 4.66. The maximum Gasteiger partial charge on any atom is 0.138 e. The van der Waals surface area contributed by atoms with Gasteiger partial charge in [0.2, 0.25) is 0 Å². The molecule has 0 saturated carbocycles. The first kappa shape index (κ1) is 22.0. The summed E-state index contributed by atoms with van der Waals surface area (Å²) >= 11 is 0. The van der Waals surface area contributed by atoms with Crippen LogP contribution in [0.4, 0.5) is 5.82 Å². The number of aryl methyl sites for hydroxylation is 2. The van der Waals surface area contributed by atoms with Gasteiger partial charge in [-0.05, 0) is 67.8 Å². The summed E-state index contributed by atoms with van der Waals surface area (Å²) in [6.07, 6.45) is 5.97. The number of anilines is 1. The Labute approximate surface area is 191 Å². The fourth-order valence-electron chi connectivity index (χ4n) is 4.36. The zero-order valence-electron chi connectivity index (χ0n) is 19.7. The number of fused-ring (bicyclic) bond motifs is 1. The average Bonchev–Trinajstić information content (AvgIpc) is 3.20. The summed E-state index contributed by atoms with van der Waals surface area (Å²) in [5.74, 6) is 0.901. The topological polar surface area (TPSA) is 41.1 Å². The van der Waals surface area contributed by atoms with E-state index in [0.717, 1.165) is 36.8 Å². The van der Waals surface area contributed by atoms with Crippen LogP contribution in [-0.2, 0) is 19.6 Å². The molecule has 0 unspecified atom stereocenters. The summed E-state index contributed by atoms with van der Waals surface area (Å²) in [6.45, 7) is 13.4. The van der Waals surface area contributed by atoms with E-state index in [9.17, 15) is 0 Å². The van der Waals surface area contributed by atoms with Crippen LogP contribution in [0.2, 0.25) is 0 Å². The van der Waals surface area contributed by atoms with Gasteiger partial charge in [-0.3, -0.25) is 4.90 Å². The molecule has 0 saturated heterocycles. The standard InChI is InChI=1S/C28H32N4/c1-6-23(14-22-12-7-8-13-24(22)19(2)3)31-28-26-16-32(17-27(26)29-18-30-28)15-25-20(4)10-9-11-21(25)5/h6-14,18H,15-17H2,1-5H3,(H,29,30,31)/b22-14-,23-6+. The van der Waals surface area contributed by atoms with Gasteiger partial charge in [-0.15, -0.1) is 0 Å². The second-order valence-corrected chi connectivity index (χ2v) is 8.76. The lowest BCUT2D eigenvalue weighted by Crippen LogP contribution is -2.26. The van der Waals surface area contributed by atoms with Crippen LogP contribution in [0.25, 0.3) is 11.6 Å². The molecule has 2 aromatic carbocycles. The molecule has 0 spiro atoms. The van der Waals surface area contributed by atoms with Crippen LogP contribution in [0.3, 0.4) is 0 Å². The molecule has 0 amide bonds. The van der Waals surface area contributed by atoms with Crippen molar-refractivity contribution >= 4 is 17.5 Å². The summed E-state index contributed by atoms with van der Waals surface area (Å²) in [4.78, 5) is 11.6. The smallest absolute Gasteiger partial charge is 0.138 e. The number of allylic oxidation sites excluding steroid dienone is 2. The minimum Gasteiger partial charge on any atom is -0.340 e. The monoisotopic (exact) mass is 424 g/mol. The summed E-state index contributed by atoms with van der Waals surface area (Å²) in [5.41, 5.74) is 8.74. The Morgan fingerprint density at radius 2 is 1.75 bits per heavy atom. The van der Waals surface area contributed by atoms with E-state index in [1.165, 1.54) is 38.3 Å². The lowest BCUT2D eigenvalue weighted by Gasteiger charge is -2.18. The van der Waals surface area contributed by atoms with Crippen molar-refractivity contribution in [1.82, 2.24) is 14.9 Å². The van der Waals surface area contributed by atoms with Gasteiger partial charge in [-0.1, -0.05) is 54.1 Å². The lowest BCUT2D eigenvalue weighted by molar-refractivity contribution is 0.273. The Morgan fingerprint density at radius 3 is 2.47 bits per heavy atom. The van der Waals surface area contributed by atoms with Crippen LogP contribution in [0.1, 0.15) is 48.7 Å². The summed E-state index contributed by atoms with van der Waals surface area (Å²) in [6, 6.07) is 15.0. The van der Waals surface area contributed by atoms with E-state index >= 15 is 0 Å². The maximum absolute atomic E-state index is 4.60. The average molecular weight is 425 g/mol. The van der Waals surface area contributed by atoms with E-state index < -0.39 is 0 Å². The van der Waals surface area contributed by atoms with E-state index in [0.29, 0.717) is 0 Å². The van der Waals surface area contributed by atoms with Crippen molar-refractivity contribution in [2.45, 2.75) is 54.3 Å². The second kappa shape index (κ2) is 9.49. The predicted octanol–water partition coefficient (Wildman–Crippen LogP) is 4.60. The SMILES string of the molecule is C/C=C(\C=c1\ccccc1=C(C)C)Nc1ncnc2c1CN(Cc1c(C)cccc1C)C2. The third-order valence-electron chi connectivity index (χ3n) is 6.20. The molecule has 0 aliphatic carbocycles. The Bertz CT molecular complexity index is 1260. The summed E-state index contributed by atoms with van der Waals surface area (Å²) < 4.78 is 0. The molecule has 1 aliphatic heterocycles. The van der Waals surface area contributed by atoms with Crippen molar-refractivity contribution in [3.63, 3.8) is 0 Å². The molecule has 2 heterocycles. The van der Waals surface area contributed by atoms with E-state index in [1.54, 1.807) is 6.33 Å². The molecule has 0 fully saturated rings. The second-order valence-electron chi connectivity index (χ2n) is 8.76. The van der Waals surface area contributed by atoms with Gasteiger partial charge in [0.15, 0.2) is 0 Å². The normalized spacial score (nSPS) is 14.5. The highest BCUT2D eigenvalue weighted by molar-refractivity contribution is 5.61. The predicted molar refractivity (Wildman–Crippen MR) is 133 cm³/mol. The zero-order chi connectivity index (χ0) is 22.7. The van der Waals surface area contributed by atoms with Crippen molar-refractivity contribution < 1.29 is 0 Å². The fourth-order valence-corrected chi connectivity index (χ4v) is 4.36. The van der Waals surface area contributed by atoms with Crippen LogP contribution < -0.4 is 15.8 Å². The molecule has 4 nitrogen and oxygen atoms in total. The highest BCUT2D eigenvalue weighted by Gasteiger charge is 2.24. The molecule has 0 atom stereocenters. The van der Waals surface area contributed by atoms with E-state index in [1.807, 2.05) is 0 Å². The molecule has 0 bridgehead atoms. The molecular weight excluding hydrogens is 392 g/mol. The molecule has 32 heavy (non-hydrogen) atoms. The van der Waals surface area contributed by atoms with Crippen LogP contribution >= 0.6 is 0 Å². The quantitative estimate of drug-likeness (QED) is 0.650. The summed E-state index contributed by atoms with van der Waals surface area (Å²) in [7, 11) is 0. The van der Waals surface area contributed by atoms with Gasteiger partial charge in [-0.2, -0.15) is 0 Å². The van der Waals surface area contributed by atoms with Crippen molar-refractivity contribution in [3.05, 3.63) is 98.9 Å². The van der Waals surface area contributed by atoms with Crippen molar-refractivity contribution in [2.75, 3.05) is 5.32 Å². The van der Waals surface area contributed by atoms with E-state index in [-0.39, 0.29) is 0 Å². The van der Waals surface area contributed by atoms with Gasteiger partial charge in [0.1, 0.15) is 12.1 Å². The first-order valence-electron chi connectivity index (χ1n) is 11.2. The van der Waals surface area contributed by atoms with Gasteiger partial charge in [0.25, 0.3) is 0 Å². The Hall–Kier alpha value is -3.24. The largest absolute Gasteiger partial charge is 0.340 e. The van der Waals surface area contributed by atoms with Crippen LogP contribution in [0, 0.1) is 13.8 Å². The lowest BCUT2D eigenvalue weighted by atomic mass is 10.0. The molecule has 164 valence electrons. The molecule has 0 radical (unpaired) electrons. The first-order chi connectivity index (χ1) is 15.5. The molecule has 1 aliphatic rings. The summed E-state index contributed by atoms with van der Waals surface area (Å²) in [5, 5.41) is 6.04. The van der Waals surface area contributed by atoms with E-state index in [4.69, 9.17) is 0 Å². The fraction of sp³-hybridized carbons (Fsp3) is 0.286. The molecule has 4 heteroatoms. The van der Waals surface area contributed by atoms with Gasteiger partial charge in [0, 0.05) is 30.9 Å². The van der Waals surface area contributed by atoms with Gasteiger partial charge >= 0.3 is 0 Å². The minimum absolute atomic E-state index is 0.849. The number of benzene rings is 2. The molecule has 1 aromatic heterocycles. The first-order valence-corrected chi connectivity index (χ1v) is 11.2. The molecule has 1 N–H and O–H groups in total. The van der Waals surface area contributed by atoms with Gasteiger partial charge in [0.05, 0.1) is 5.69 Å². The highest BCUT2D eigenvalue weighted by Crippen LogP contribution is 2.29. The number of aromatic nitrogens is 2. The van der Waals surface area contributed by atoms with Crippen LogP contribution in [0.15, 0.2) is 60.6 Å².